The monoisotopic (exact) mass is 365 g/mol. The van der Waals surface area contributed by atoms with Crippen LogP contribution < -0.4 is 5.32 Å². The molecule has 0 aromatic carbocycles. The fraction of sp³-hybridized carbons (Fsp3) is 0.500. The zero-order valence-electron chi connectivity index (χ0n) is 7.31. The van der Waals surface area contributed by atoms with Crippen molar-refractivity contribution in [2.45, 2.75) is 4.58 Å². The first kappa shape index (κ1) is 14.8. The third-order valence-electron chi connectivity index (χ3n) is 1.09. The summed E-state index contributed by atoms with van der Waals surface area (Å²) in [5, 5.41) is 2.24. The van der Waals surface area contributed by atoms with E-state index in [-0.39, 0.29) is 6.54 Å². The van der Waals surface area contributed by atoms with Gasteiger partial charge < -0.3 is 10.1 Å². The molecule has 1 atom stereocenters. The minimum atomic E-state index is -4.29. The first-order chi connectivity index (χ1) is 6.88. The second kappa shape index (κ2) is 7.15. The molecule has 0 saturated carbocycles. The number of carbonyl (C=O) groups excluding carboxylic acids is 1. The highest BCUT2D eigenvalue weighted by Crippen LogP contribution is 2.03. The summed E-state index contributed by atoms with van der Waals surface area (Å²) in [6.45, 7) is -0.434. The second-order valence-electron chi connectivity index (χ2n) is 2.19. The highest BCUT2D eigenvalue weighted by atomic mass is 127. The Morgan fingerprint density at radius 1 is 1.67 bits per heavy atom. The Labute approximate surface area is 106 Å². The largest absolute Gasteiger partial charge is 0.447 e. The molecule has 9 heteroatoms. The lowest BCUT2D eigenvalue weighted by Gasteiger charge is -2.08. The molecule has 0 aliphatic heterocycles. The van der Waals surface area contributed by atoms with Gasteiger partial charge in [0, 0.05) is 22.6 Å². The molecular formula is C6H8INO5S2. The van der Waals surface area contributed by atoms with Gasteiger partial charge in [0.25, 0.3) is 10.1 Å². The highest BCUT2D eigenvalue weighted by Gasteiger charge is 2.20. The number of rotatable bonds is 4. The van der Waals surface area contributed by atoms with Crippen molar-refractivity contribution in [1.82, 2.24) is 5.32 Å². The average Bonchev–Trinajstić information content (AvgIpc) is 2.13. The SMILES string of the molecule is O=C(NCC#CI)OCC(S)S(=O)(=O)O. The quantitative estimate of drug-likeness (QED) is 0.288. The van der Waals surface area contributed by atoms with Crippen LogP contribution in [0.3, 0.4) is 0 Å². The molecule has 0 spiro atoms. The predicted molar refractivity (Wildman–Crippen MR) is 65.5 cm³/mol. The van der Waals surface area contributed by atoms with E-state index in [9.17, 15) is 13.2 Å². The van der Waals surface area contributed by atoms with Gasteiger partial charge in [0.2, 0.25) is 0 Å². The lowest BCUT2D eigenvalue weighted by molar-refractivity contribution is 0.152. The van der Waals surface area contributed by atoms with E-state index in [0.29, 0.717) is 0 Å². The summed E-state index contributed by atoms with van der Waals surface area (Å²) in [5.41, 5.74) is 0. The Hall–Kier alpha value is -0.180. The van der Waals surface area contributed by atoms with E-state index in [1.54, 1.807) is 22.6 Å². The summed E-state index contributed by atoms with van der Waals surface area (Å²) in [7, 11) is -4.29. The average molecular weight is 365 g/mol. The number of ether oxygens (including phenoxy) is 1. The molecule has 1 unspecified atom stereocenters. The molecule has 2 N–H and O–H groups in total. The molecule has 0 aliphatic carbocycles. The molecule has 0 fully saturated rings. The number of halogens is 1. The number of carbonyl (C=O) groups is 1. The van der Waals surface area contributed by atoms with Crippen LogP contribution in [0.25, 0.3) is 0 Å². The van der Waals surface area contributed by atoms with Crippen molar-refractivity contribution in [3.8, 4) is 9.85 Å². The van der Waals surface area contributed by atoms with E-state index < -0.39 is 27.4 Å². The zero-order valence-corrected chi connectivity index (χ0v) is 11.2. The van der Waals surface area contributed by atoms with E-state index in [0.717, 1.165) is 0 Å². The van der Waals surface area contributed by atoms with Gasteiger partial charge in [-0.15, -0.1) is 0 Å². The topological polar surface area (TPSA) is 92.7 Å². The number of nitrogens with one attached hydrogen (secondary N) is 1. The first-order valence-corrected chi connectivity index (χ1v) is 6.61. The third-order valence-corrected chi connectivity index (χ3v) is 3.24. The summed E-state index contributed by atoms with van der Waals surface area (Å²) in [6.07, 6.45) is -0.822. The van der Waals surface area contributed by atoms with E-state index in [2.05, 4.69) is 32.5 Å². The minimum absolute atomic E-state index is 0.102. The van der Waals surface area contributed by atoms with Gasteiger partial charge in [-0.2, -0.15) is 21.0 Å². The van der Waals surface area contributed by atoms with Crippen molar-refractivity contribution in [2.75, 3.05) is 13.2 Å². The third kappa shape index (κ3) is 7.71. The van der Waals surface area contributed by atoms with Gasteiger partial charge in [-0.3, -0.25) is 4.55 Å². The van der Waals surface area contributed by atoms with Crippen LogP contribution >= 0.6 is 35.2 Å². The van der Waals surface area contributed by atoms with Gasteiger partial charge in [0.1, 0.15) is 6.61 Å². The van der Waals surface area contributed by atoms with Gasteiger partial charge in [-0.25, -0.2) is 4.79 Å². The lowest BCUT2D eigenvalue weighted by Crippen LogP contribution is -2.29. The summed E-state index contributed by atoms with van der Waals surface area (Å²) >= 11 is 5.32. The van der Waals surface area contributed by atoms with E-state index in [4.69, 9.17) is 4.55 Å². The fourth-order valence-corrected chi connectivity index (χ4v) is 0.939. The van der Waals surface area contributed by atoms with Crippen LogP contribution in [0.2, 0.25) is 0 Å². The molecule has 0 aromatic heterocycles. The van der Waals surface area contributed by atoms with Crippen molar-refractivity contribution < 1.29 is 22.5 Å². The molecule has 0 aliphatic rings. The van der Waals surface area contributed by atoms with E-state index in [1.807, 2.05) is 0 Å². The van der Waals surface area contributed by atoms with E-state index >= 15 is 0 Å². The minimum Gasteiger partial charge on any atom is -0.447 e. The Kier molecular flexibility index (Phi) is 7.07. The van der Waals surface area contributed by atoms with Gasteiger partial charge in [-0.05, 0) is 3.93 Å². The Balaban J connectivity index is 3.85. The predicted octanol–water partition coefficient (Wildman–Crippen LogP) is 0.252. The molecule has 0 rings (SSSR count). The van der Waals surface area contributed by atoms with Crippen LogP contribution in [-0.2, 0) is 14.9 Å². The normalized spacial score (nSPS) is 12.2. The van der Waals surface area contributed by atoms with Crippen LogP contribution in [0.1, 0.15) is 0 Å². The maximum absolute atomic E-state index is 10.8. The molecule has 86 valence electrons. The highest BCUT2D eigenvalue weighted by molar-refractivity contribution is 14.1. The summed E-state index contributed by atoms with van der Waals surface area (Å²) in [4.78, 5) is 10.8. The lowest BCUT2D eigenvalue weighted by atomic mass is 10.7. The number of amides is 1. The van der Waals surface area contributed by atoms with Crippen LogP contribution in [-0.4, -0.2) is 36.8 Å². The van der Waals surface area contributed by atoms with Crippen LogP contribution in [0.4, 0.5) is 4.79 Å². The molecular weight excluding hydrogens is 357 g/mol. The van der Waals surface area contributed by atoms with Crippen molar-refractivity contribution in [3.05, 3.63) is 0 Å². The van der Waals surface area contributed by atoms with Gasteiger partial charge in [0.05, 0.1) is 6.54 Å². The van der Waals surface area contributed by atoms with Gasteiger partial charge in [-0.1, -0.05) is 5.92 Å². The maximum atomic E-state index is 10.8. The number of hydrogen-bond donors (Lipinski definition) is 3. The van der Waals surface area contributed by atoms with Gasteiger partial charge in [0.15, 0.2) is 4.58 Å². The van der Waals surface area contributed by atoms with Crippen LogP contribution in [0, 0.1) is 9.85 Å². The number of alkyl carbamates (subject to hydrolysis) is 1. The van der Waals surface area contributed by atoms with E-state index in [1.165, 1.54) is 0 Å². The van der Waals surface area contributed by atoms with Crippen LogP contribution in [0.15, 0.2) is 0 Å². The molecule has 0 bridgehead atoms. The zero-order chi connectivity index (χ0) is 11.9. The Morgan fingerprint density at radius 3 is 2.73 bits per heavy atom. The summed E-state index contributed by atoms with van der Waals surface area (Å²) < 4.78 is 34.9. The molecule has 0 radical (unpaired) electrons. The van der Waals surface area contributed by atoms with Crippen molar-refractivity contribution in [2.24, 2.45) is 0 Å². The molecule has 0 saturated heterocycles. The first-order valence-electron chi connectivity index (χ1n) is 3.51. The van der Waals surface area contributed by atoms with Crippen molar-refractivity contribution in [3.63, 3.8) is 0 Å². The Bertz CT molecular complexity index is 371. The Morgan fingerprint density at radius 2 is 2.27 bits per heavy atom. The number of hydrogen-bond acceptors (Lipinski definition) is 5. The second-order valence-corrected chi connectivity index (χ2v) is 5.30. The molecule has 0 heterocycles. The maximum Gasteiger partial charge on any atom is 0.407 e. The molecule has 6 nitrogen and oxygen atoms in total. The van der Waals surface area contributed by atoms with Gasteiger partial charge >= 0.3 is 6.09 Å². The fourth-order valence-electron chi connectivity index (χ4n) is 0.434. The molecule has 0 aromatic rings. The van der Waals surface area contributed by atoms with Crippen LogP contribution in [0.5, 0.6) is 0 Å². The summed E-state index contributed by atoms with van der Waals surface area (Å²) in [6, 6.07) is 0. The standard InChI is InChI=1S/C6H8INO5S2/c7-2-1-3-8-6(9)13-4-5(14)15(10,11)12/h5,14H,3-4H2,(H,8,9)(H,10,11,12). The van der Waals surface area contributed by atoms with Crippen molar-refractivity contribution >= 4 is 51.4 Å². The molecule has 15 heavy (non-hydrogen) atoms. The molecule has 1 amide bonds. The summed E-state index contributed by atoms with van der Waals surface area (Å²) in [5.74, 6) is 2.54. The smallest absolute Gasteiger partial charge is 0.407 e. The van der Waals surface area contributed by atoms with Crippen molar-refractivity contribution in [1.29, 1.82) is 0 Å². The number of thiol groups is 1.